The number of carbonyl (C=O) groups is 1. The molecule has 0 radical (unpaired) electrons. The Kier molecular flexibility index (Phi) is 5.15. The van der Waals surface area contributed by atoms with Gasteiger partial charge in [-0.15, -0.1) is 0 Å². The van der Waals surface area contributed by atoms with Gasteiger partial charge in [0.15, 0.2) is 0 Å². The lowest BCUT2D eigenvalue weighted by molar-refractivity contribution is -0.248. The number of allylic oxidation sites excluding steroid dienone is 1. The van der Waals surface area contributed by atoms with Crippen molar-refractivity contribution in [2.24, 2.45) is 56.7 Å². The largest absolute Gasteiger partial charge is 0.481 e. The van der Waals surface area contributed by atoms with Crippen molar-refractivity contribution in [1.82, 2.24) is 0 Å². The van der Waals surface area contributed by atoms with Crippen LogP contribution in [0.4, 0.5) is 0 Å². The minimum atomic E-state index is -0.538. The van der Waals surface area contributed by atoms with Crippen LogP contribution in [-0.2, 0) is 4.79 Å². The molecule has 0 spiro atoms. The first-order valence-electron chi connectivity index (χ1n) is 13.8. The van der Waals surface area contributed by atoms with Crippen LogP contribution in [0.5, 0.6) is 0 Å². The van der Waals surface area contributed by atoms with Crippen molar-refractivity contribution in [3.05, 3.63) is 12.2 Å². The second-order valence-corrected chi connectivity index (χ2v) is 14.5. The Morgan fingerprint density at radius 3 is 2.15 bits per heavy atom. The van der Waals surface area contributed by atoms with Gasteiger partial charge in [-0.3, -0.25) is 4.79 Å². The van der Waals surface area contributed by atoms with Gasteiger partial charge in [-0.2, -0.15) is 0 Å². The second-order valence-electron chi connectivity index (χ2n) is 14.5. The number of carboxylic acids is 1. The van der Waals surface area contributed by atoms with E-state index in [2.05, 4.69) is 48.1 Å². The highest BCUT2D eigenvalue weighted by atomic mass is 16.4. The van der Waals surface area contributed by atoms with E-state index in [-0.39, 0.29) is 33.7 Å². The Hall–Kier alpha value is -0.830. The Morgan fingerprint density at radius 2 is 1.52 bits per heavy atom. The first-order chi connectivity index (χ1) is 15.3. The first kappa shape index (κ1) is 23.9. The number of aliphatic hydroxyl groups excluding tert-OH is 1. The third-order valence-corrected chi connectivity index (χ3v) is 13.5. The van der Waals surface area contributed by atoms with Crippen molar-refractivity contribution in [2.75, 3.05) is 0 Å². The predicted octanol–water partition coefficient (Wildman–Crippen LogP) is 7.09. The van der Waals surface area contributed by atoms with Crippen LogP contribution >= 0.6 is 0 Å². The van der Waals surface area contributed by atoms with Crippen LogP contribution in [0, 0.1) is 56.7 Å². The van der Waals surface area contributed by atoms with Gasteiger partial charge in [-0.1, -0.05) is 46.8 Å². The average molecular weight is 457 g/mol. The van der Waals surface area contributed by atoms with E-state index in [9.17, 15) is 15.0 Å². The van der Waals surface area contributed by atoms with Crippen molar-refractivity contribution in [3.8, 4) is 0 Å². The summed E-state index contributed by atoms with van der Waals surface area (Å²) in [6, 6.07) is 0. The summed E-state index contributed by atoms with van der Waals surface area (Å²) in [5, 5.41) is 21.4. The number of aliphatic hydroxyl groups is 1. The molecule has 0 unspecified atom stereocenters. The molecule has 0 aliphatic heterocycles. The molecule has 3 nitrogen and oxygen atoms in total. The van der Waals surface area contributed by atoms with E-state index in [0.717, 1.165) is 38.5 Å². The van der Waals surface area contributed by atoms with Crippen LogP contribution in [0.2, 0.25) is 0 Å². The molecular weight excluding hydrogens is 408 g/mol. The van der Waals surface area contributed by atoms with Crippen molar-refractivity contribution < 1.29 is 15.0 Å². The molecular formula is C30H48O3. The van der Waals surface area contributed by atoms with E-state index in [0.29, 0.717) is 23.7 Å². The summed E-state index contributed by atoms with van der Waals surface area (Å²) in [5.74, 6) is 1.79. The smallest absolute Gasteiger partial charge is 0.309 e. The Labute approximate surface area is 201 Å². The SMILES string of the molecule is C=C(C)[C@H]1CC[C@@]2(C(=O)O)CC[C@@]3(C)[C@@H](CC[C@H]4[C@]5(C)CC[C@@H](O)C(C)(C)[C@H]5CC[C@@]43C)[C@H]12. The van der Waals surface area contributed by atoms with Gasteiger partial charge >= 0.3 is 5.97 Å². The number of aliphatic carboxylic acids is 1. The van der Waals surface area contributed by atoms with Gasteiger partial charge in [0.05, 0.1) is 11.5 Å². The van der Waals surface area contributed by atoms with Crippen LogP contribution < -0.4 is 0 Å². The summed E-state index contributed by atoms with van der Waals surface area (Å²) >= 11 is 0. The molecule has 10 atom stereocenters. The molecule has 0 bridgehead atoms. The lowest BCUT2D eigenvalue weighted by Crippen LogP contribution is -2.67. The maximum Gasteiger partial charge on any atom is 0.309 e. The van der Waals surface area contributed by atoms with E-state index < -0.39 is 11.4 Å². The highest BCUT2D eigenvalue weighted by Gasteiger charge is 2.71. The van der Waals surface area contributed by atoms with Crippen LogP contribution in [-0.4, -0.2) is 22.3 Å². The quantitative estimate of drug-likeness (QED) is 0.436. The highest BCUT2D eigenvalue weighted by Crippen LogP contribution is 2.77. The Bertz CT molecular complexity index is 861. The molecule has 0 aromatic carbocycles. The van der Waals surface area contributed by atoms with Crippen molar-refractivity contribution in [2.45, 2.75) is 112 Å². The minimum absolute atomic E-state index is 0.0202. The zero-order valence-corrected chi connectivity index (χ0v) is 22.0. The summed E-state index contributed by atoms with van der Waals surface area (Å²) in [4.78, 5) is 12.8. The summed E-state index contributed by atoms with van der Waals surface area (Å²) < 4.78 is 0. The maximum absolute atomic E-state index is 12.8. The summed E-state index contributed by atoms with van der Waals surface area (Å²) in [6.45, 7) is 18.8. The molecule has 5 aliphatic rings. The fraction of sp³-hybridized carbons (Fsp3) is 0.900. The van der Waals surface area contributed by atoms with Crippen LogP contribution in [0.25, 0.3) is 0 Å². The molecule has 186 valence electrons. The second kappa shape index (κ2) is 7.11. The van der Waals surface area contributed by atoms with Crippen molar-refractivity contribution >= 4 is 5.97 Å². The Morgan fingerprint density at radius 1 is 0.818 bits per heavy atom. The molecule has 33 heavy (non-hydrogen) atoms. The molecule has 5 saturated carbocycles. The molecule has 5 aliphatic carbocycles. The maximum atomic E-state index is 12.8. The Balaban J connectivity index is 1.57. The monoisotopic (exact) mass is 456 g/mol. The predicted molar refractivity (Wildman–Crippen MR) is 133 cm³/mol. The van der Waals surface area contributed by atoms with Gasteiger partial charge in [0.25, 0.3) is 0 Å². The molecule has 0 amide bonds. The third-order valence-electron chi connectivity index (χ3n) is 13.5. The van der Waals surface area contributed by atoms with Crippen molar-refractivity contribution in [3.63, 3.8) is 0 Å². The lowest BCUT2D eigenvalue weighted by atomic mass is 9.32. The molecule has 2 N–H and O–H groups in total. The van der Waals surface area contributed by atoms with E-state index in [1.54, 1.807) is 0 Å². The standard InChI is InChI=1S/C30H48O3/c1-18(2)19-10-15-30(25(32)33)17-16-28(6)20(24(19)30)8-9-22-27(5)13-12-23(31)26(3,4)21(27)11-14-29(22,28)7/h19-24,31H,1,8-17H2,2-7H3,(H,32,33)/t19-,20+,21-,22+,23-,24+,27-,28+,29+,30-/m1/s1. The fourth-order valence-electron chi connectivity index (χ4n) is 11.5. The first-order valence-corrected chi connectivity index (χ1v) is 13.8. The molecule has 0 heterocycles. The summed E-state index contributed by atoms with van der Waals surface area (Å²) in [7, 11) is 0. The van der Waals surface area contributed by atoms with Crippen LogP contribution in [0.3, 0.4) is 0 Å². The zero-order chi connectivity index (χ0) is 24.2. The van der Waals surface area contributed by atoms with Crippen LogP contribution in [0.15, 0.2) is 12.2 Å². The van der Waals surface area contributed by atoms with Gasteiger partial charge in [0.1, 0.15) is 0 Å². The van der Waals surface area contributed by atoms with Gasteiger partial charge in [0.2, 0.25) is 0 Å². The number of rotatable bonds is 2. The zero-order valence-electron chi connectivity index (χ0n) is 22.0. The van der Waals surface area contributed by atoms with Gasteiger partial charge in [0, 0.05) is 0 Å². The molecule has 5 fully saturated rings. The molecule has 5 rings (SSSR count). The summed E-state index contributed by atoms with van der Waals surface area (Å²) in [5.41, 5.74) is 1.35. The number of carboxylic acid groups (broad SMARTS) is 1. The lowest BCUT2D eigenvalue weighted by Gasteiger charge is -2.72. The fourth-order valence-corrected chi connectivity index (χ4v) is 11.5. The van der Waals surface area contributed by atoms with Gasteiger partial charge < -0.3 is 10.2 Å². The van der Waals surface area contributed by atoms with E-state index in [1.165, 1.54) is 31.3 Å². The molecule has 0 aromatic heterocycles. The van der Waals surface area contributed by atoms with E-state index >= 15 is 0 Å². The van der Waals surface area contributed by atoms with Gasteiger partial charge in [-0.25, -0.2) is 0 Å². The number of hydrogen-bond acceptors (Lipinski definition) is 2. The topological polar surface area (TPSA) is 57.5 Å². The third kappa shape index (κ3) is 2.75. The molecule has 3 heteroatoms. The van der Waals surface area contributed by atoms with E-state index in [1.807, 2.05) is 0 Å². The number of fused-ring (bicyclic) bond motifs is 7. The normalized spacial score (nSPS) is 55.0. The highest BCUT2D eigenvalue weighted by molar-refractivity contribution is 5.76. The van der Waals surface area contributed by atoms with Crippen molar-refractivity contribution in [1.29, 1.82) is 0 Å². The van der Waals surface area contributed by atoms with E-state index in [4.69, 9.17) is 0 Å². The molecule has 0 saturated heterocycles. The minimum Gasteiger partial charge on any atom is -0.481 e. The van der Waals surface area contributed by atoms with Gasteiger partial charge in [-0.05, 0) is 122 Å². The number of hydrogen-bond donors (Lipinski definition) is 2. The average Bonchev–Trinajstić information content (AvgIpc) is 3.13. The van der Waals surface area contributed by atoms with Crippen LogP contribution in [0.1, 0.15) is 106 Å². The summed E-state index contributed by atoms with van der Waals surface area (Å²) in [6.07, 6.45) is 10.5. The molecule has 0 aromatic rings.